The van der Waals surface area contributed by atoms with Crippen LogP contribution in [0.5, 0.6) is 5.75 Å². The van der Waals surface area contributed by atoms with E-state index in [1.165, 1.54) is 12.1 Å². The topological polar surface area (TPSA) is 77.0 Å². The molecule has 0 aliphatic heterocycles. The summed E-state index contributed by atoms with van der Waals surface area (Å²) < 4.78 is 18.4. The van der Waals surface area contributed by atoms with Gasteiger partial charge in [-0.1, -0.05) is 0 Å². The molecule has 7 heteroatoms. The predicted molar refractivity (Wildman–Crippen MR) is 95.6 cm³/mol. The van der Waals surface area contributed by atoms with Crippen molar-refractivity contribution in [3.63, 3.8) is 0 Å². The lowest BCUT2D eigenvalue weighted by Crippen LogP contribution is -2.15. The smallest absolute Gasteiger partial charge is 0.275 e. The number of halogens is 1. The molecule has 1 amide bonds. The van der Waals surface area contributed by atoms with Gasteiger partial charge in [-0.15, -0.1) is 0 Å². The summed E-state index contributed by atoms with van der Waals surface area (Å²) in [7, 11) is 1.56. The van der Waals surface area contributed by atoms with Crippen molar-refractivity contribution in [2.75, 3.05) is 12.4 Å². The predicted octanol–water partition coefficient (Wildman–Crippen LogP) is 3.56. The standard InChI is InChI=1S/C19H17FN4O2/c1-11-6-7-21-10-15(11)14-8-16(23-12(2)18(14)26-3)19(25)24-17-5-4-13(20)9-22-17/h4-10H,1-3H3,(H,22,24,25). The van der Waals surface area contributed by atoms with E-state index in [0.29, 0.717) is 11.4 Å². The van der Waals surface area contributed by atoms with E-state index in [9.17, 15) is 9.18 Å². The Kier molecular flexibility index (Phi) is 4.88. The van der Waals surface area contributed by atoms with E-state index in [1.54, 1.807) is 32.5 Å². The van der Waals surface area contributed by atoms with E-state index in [-0.39, 0.29) is 11.5 Å². The van der Waals surface area contributed by atoms with Gasteiger partial charge in [-0.05, 0) is 43.7 Å². The fourth-order valence-electron chi connectivity index (χ4n) is 2.61. The van der Waals surface area contributed by atoms with Gasteiger partial charge in [-0.2, -0.15) is 0 Å². The van der Waals surface area contributed by atoms with E-state index in [1.807, 2.05) is 13.0 Å². The number of rotatable bonds is 4. The molecule has 0 spiro atoms. The first-order chi connectivity index (χ1) is 12.5. The molecule has 0 aliphatic carbocycles. The van der Waals surface area contributed by atoms with Crippen molar-refractivity contribution >= 4 is 11.7 Å². The average Bonchev–Trinajstić information content (AvgIpc) is 2.63. The van der Waals surface area contributed by atoms with E-state index in [4.69, 9.17) is 4.74 Å². The van der Waals surface area contributed by atoms with Crippen molar-refractivity contribution in [1.29, 1.82) is 0 Å². The minimum atomic E-state index is -0.476. The number of carbonyl (C=O) groups excluding carboxylic acids is 1. The number of nitrogens with zero attached hydrogens (tertiary/aromatic N) is 3. The summed E-state index contributed by atoms with van der Waals surface area (Å²) in [6.45, 7) is 3.72. The summed E-state index contributed by atoms with van der Waals surface area (Å²) in [5.74, 6) is -0.100. The van der Waals surface area contributed by atoms with Crippen molar-refractivity contribution in [2.24, 2.45) is 0 Å². The van der Waals surface area contributed by atoms with Crippen LogP contribution in [0.4, 0.5) is 10.2 Å². The summed E-state index contributed by atoms with van der Waals surface area (Å²) in [5.41, 5.74) is 3.35. The van der Waals surface area contributed by atoms with Crippen LogP contribution in [0.15, 0.2) is 42.9 Å². The van der Waals surface area contributed by atoms with Crippen LogP contribution in [-0.4, -0.2) is 28.0 Å². The molecular weight excluding hydrogens is 335 g/mol. The van der Waals surface area contributed by atoms with Crippen LogP contribution >= 0.6 is 0 Å². The highest BCUT2D eigenvalue weighted by atomic mass is 19.1. The molecule has 0 aliphatic rings. The second-order valence-electron chi connectivity index (χ2n) is 5.68. The Hall–Kier alpha value is -3.35. The van der Waals surface area contributed by atoms with Gasteiger partial charge in [0.15, 0.2) is 0 Å². The Labute approximate surface area is 150 Å². The molecule has 132 valence electrons. The van der Waals surface area contributed by atoms with E-state index in [0.717, 1.165) is 22.9 Å². The highest BCUT2D eigenvalue weighted by Crippen LogP contribution is 2.34. The maximum Gasteiger partial charge on any atom is 0.275 e. The Balaban J connectivity index is 2.02. The number of carbonyl (C=O) groups is 1. The van der Waals surface area contributed by atoms with Crippen molar-refractivity contribution in [3.05, 3.63) is 65.6 Å². The second-order valence-corrected chi connectivity index (χ2v) is 5.68. The second kappa shape index (κ2) is 7.26. The summed E-state index contributed by atoms with van der Waals surface area (Å²) in [5, 5.41) is 2.61. The van der Waals surface area contributed by atoms with Crippen LogP contribution in [-0.2, 0) is 0 Å². The Morgan fingerprint density at radius 2 is 1.96 bits per heavy atom. The average molecular weight is 352 g/mol. The maximum absolute atomic E-state index is 13.0. The number of pyridine rings is 3. The fourth-order valence-corrected chi connectivity index (χ4v) is 2.61. The van der Waals surface area contributed by atoms with E-state index >= 15 is 0 Å². The highest BCUT2D eigenvalue weighted by Gasteiger charge is 2.18. The minimum absolute atomic E-state index is 0.202. The molecule has 0 fully saturated rings. The third-order valence-electron chi connectivity index (χ3n) is 3.88. The van der Waals surface area contributed by atoms with Gasteiger partial charge in [-0.3, -0.25) is 9.78 Å². The molecule has 0 bridgehead atoms. The molecule has 0 saturated heterocycles. The number of methoxy groups -OCH3 is 1. The number of amides is 1. The first kappa shape index (κ1) is 17.5. The largest absolute Gasteiger partial charge is 0.494 e. The molecule has 0 unspecified atom stereocenters. The Bertz CT molecular complexity index is 958. The van der Waals surface area contributed by atoms with Gasteiger partial charge in [0.05, 0.1) is 19.0 Å². The number of anilines is 1. The van der Waals surface area contributed by atoms with Crippen molar-refractivity contribution in [1.82, 2.24) is 15.0 Å². The van der Waals surface area contributed by atoms with Crippen LogP contribution in [0.2, 0.25) is 0 Å². The summed E-state index contributed by atoms with van der Waals surface area (Å²) >= 11 is 0. The fraction of sp³-hybridized carbons (Fsp3) is 0.158. The highest BCUT2D eigenvalue weighted by molar-refractivity contribution is 6.03. The van der Waals surface area contributed by atoms with Crippen LogP contribution < -0.4 is 10.1 Å². The zero-order chi connectivity index (χ0) is 18.7. The lowest BCUT2D eigenvalue weighted by Gasteiger charge is -2.14. The molecule has 0 aromatic carbocycles. The van der Waals surface area contributed by atoms with Gasteiger partial charge in [0.25, 0.3) is 5.91 Å². The number of hydrogen-bond acceptors (Lipinski definition) is 5. The third kappa shape index (κ3) is 3.51. The Morgan fingerprint density at radius 1 is 1.15 bits per heavy atom. The van der Waals surface area contributed by atoms with Crippen molar-refractivity contribution < 1.29 is 13.9 Å². The normalized spacial score (nSPS) is 10.5. The summed E-state index contributed by atoms with van der Waals surface area (Å²) in [6.07, 6.45) is 4.45. The summed E-state index contributed by atoms with van der Waals surface area (Å²) in [6, 6.07) is 6.14. The van der Waals surface area contributed by atoms with Crippen molar-refractivity contribution in [3.8, 4) is 16.9 Å². The van der Waals surface area contributed by atoms with Crippen LogP contribution in [0, 0.1) is 19.7 Å². The number of ether oxygens (including phenoxy) is 1. The van der Waals surface area contributed by atoms with E-state index < -0.39 is 11.7 Å². The molecule has 6 nitrogen and oxygen atoms in total. The first-order valence-corrected chi connectivity index (χ1v) is 7.89. The monoisotopic (exact) mass is 352 g/mol. The Morgan fingerprint density at radius 3 is 2.62 bits per heavy atom. The quantitative estimate of drug-likeness (QED) is 0.777. The van der Waals surface area contributed by atoms with Crippen LogP contribution in [0.1, 0.15) is 21.7 Å². The van der Waals surface area contributed by atoms with Crippen LogP contribution in [0.25, 0.3) is 11.1 Å². The van der Waals surface area contributed by atoms with Gasteiger partial charge in [0.1, 0.15) is 23.1 Å². The molecule has 1 N–H and O–H groups in total. The lowest BCUT2D eigenvalue weighted by molar-refractivity contribution is 0.102. The molecular formula is C19H17FN4O2. The van der Waals surface area contributed by atoms with Crippen molar-refractivity contribution in [2.45, 2.75) is 13.8 Å². The SMILES string of the molecule is COc1c(-c2cnccc2C)cc(C(=O)Nc2ccc(F)cn2)nc1C. The zero-order valence-electron chi connectivity index (χ0n) is 14.6. The molecule has 26 heavy (non-hydrogen) atoms. The number of hydrogen-bond donors (Lipinski definition) is 1. The molecule has 0 atom stereocenters. The van der Waals surface area contributed by atoms with Gasteiger partial charge < -0.3 is 10.1 Å². The zero-order valence-corrected chi connectivity index (χ0v) is 14.6. The van der Waals surface area contributed by atoms with E-state index in [2.05, 4.69) is 20.3 Å². The van der Waals surface area contributed by atoms with Crippen LogP contribution in [0.3, 0.4) is 0 Å². The molecule has 0 saturated carbocycles. The third-order valence-corrected chi connectivity index (χ3v) is 3.88. The molecule has 3 heterocycles. The minimum Gasteiger partial charge on any atom is -0.494 e. The summed E-state index contributed by atoms with van der Waals surface area (Å²) in [4.78, 5) is 24.9. The number of aromatic nitrogens is 3. The number of nitrogens with one attached hydrogen (secondary N) is 1. The maximum atomic E-state index is 13.0. The molecule has 3 aromatic rings. The van der Waals surface area contributed by atoms with Gasteiger partial charge >= 0.3 is 0 Å². The number of aryl methyl sites for hydroxylation is 2. The molecule has 0 radical (unpaired) electrons. The lowest BCUT2D eigenvalue weighted by atomic mass is 10.0. The van der Waals surface area contributed by atoms with Gasteiger partial charge in [0, 0.05) is 23.5 Å². The first-order valence-electron chi connectivity index (χ1n) is 7.89. The van der Waals surface area contributed by atoms with Gasteiger partial charge in [-0.25, -0.2) is 14.4 Å². The van der Waals surface area contributed by atoms with Gasteiger partial charge in [0.2, 0.25) is 0 Å². The molecule has 3 aromatic heterocycles. The molecule has 3 rings (SSSR count).